The van der Waals surface area contributed by atoms with Gasteiger partial charge < -0.3 is 4.74 Å². The third-order valence-electron chi connectivity index (χ3n) is 5.25. The predicted octanol–water partition coefficient (Wildman–Crippen LogP) is 3.82. The van der Waals surface area contributed by atoms with Crippen LogP contribution in [0.5, 0.6) is 5.75 Å². The van der Waals surface area contributed by atoms with Crippen LogP contribution in [-0.2, 0) is 9.59 Å². The first-order valence-corrected chi connectivity index (χ1v) is 7.97. The van der Waals surface area contributed by atoms with E-state index in [2.05, 4.69) is 0 Å². The summed E-state index contributed by atoms with van der Waals surface area (Å²) in [4.78, 5) is 25.0. The van der Waals surface area contributed by atoms with E-state index >= 15 is 0 Å². The number of Topliss-reactive ketones (excluding diaryl/α,β-unsaturated/α-hetero) is 2. The van der Waals surface area contributed by atoms with Crippen LogP contribution in [0.2, 0.25) is 0 Å². The zero-order chi connectivity index (χ0) is 15.7. The number of carbonyl (C=O) groups excluding carboxylic acids is 2. The molecule has 0 bridgehead atoms. The average Bonchev–Trinajstić information content (AvgIpc) is 2.52. The van der Waals surface area contributed by atoms with Gasteiger partial charge >= 0.3 is 0 Å². The predicted molar refractivity (Wildman–Crippen MR) is 85.7 cm³/mol. The summed E-state index contributed by atoms with van der Waals surface area (Å²) in [5.74, 6) is 1.20. The number of rotatable bonds is 2. The van der Waals surface area contributed by atoms with Crippen molar-refractivity contribution >= 4 is 17.6 Å². The number of hydrogen-bond donors (Lipinski definition) is 0. The molecule has 1 aromatic carbocycles. The highest BCUT2D eigenvalue weighted by molar-refractivity contribution is 6.07. The molecule has 0 aromatic heterocycles. The molecule has 3 nitrogen and oxygen atoms in total. The van der Waals surface area contributed by atoms with E-state index in [4.69, 9.17) is 4.74 Å². The number of carbonyl (C=O) groups is 2. The van der Waals surface area contributed by atoms with Crippen molar-refractivity contribution in [2.24, 2.45) is 11.3 Å². The number of methoxy groups -OCH3 is 1. The summed E-state index contributed by atoms with van der Waals surface area (Å²) >= 11 is 0. The average molecular weight is 298 g/mol. The molecule has 2 saturated carbocycles. The van der Waals surface area contributed by atoms with E-state index in [1.807, 2.05) is 37.3 Å². The van der Waals surface area contributed by atoms with Crippen molar-refractivity contribution in [1.82, 2.24) is 0 Å². The third-order valence-corrected chi connectivity index (χ3v) is 5.25. The molecule has 2 atom stereocenters. The fourth-order valence-electron chi connectivity index (χ4n) is 3.90. The Morgan fingerprint density at radius 3 is 2.59 bits per heavy atom. The SMILES string of the molecule is COc1ccc(/C=C2/CC[C@H]3C(=O)CCC[C@@]3(C)C2=O)cc1. The molecule has 116 valence electrons. The molecule has 0 heterocycles. The second-order valence-corrected chi connectivity index (χ2v) is 6.60. The summed E-state index contributed by atoms with van der Waals surface area (Å²) in [6.45, 7) is 1.98. The van der Waals surface area contributed by atoms with E-state index in [0.29, 0.717) is 12.8 Å². The van der Waals surface area contributed by atoms with Crippen LogP contribution >= 0.6 is 0 Å². The van der Waals surface area contributed by atoms with Gasteiger partial charge in [0.25, 0.3) is 0 Å². The van der Waals surface area contributed by atoms with Crippen molar-refractivity contribution in [3.05, 3.63) is 35.4 Å². The minimum atomic E-state index is -0.480. The van der Waals surface area contributed by atoms with E-state index in [0.717, 1.165) is 36.1 Å². The third kappa shape index (κ3) is 2.49. The van der Waals surface area contributed by atoms with Crippen LogP contribution in [0.1, 0.15) is 44.6 Å². The van der Waals surface area contributed by atoms with E-state index < -0.39 is 5.41 Å². The van der Waals surface area contributed by atoms with Gasteiger partial charge in [0.2, 0.25) is 0 Å². The van der Waals surface area contributed by atoms with Gasteiger partial charge in [-0.1, -0.05) is 19.1 Å². The van der Waals surface area contributed by atoms with Crippen LogP contribution < -0.4 is 4.74 Å². The van der Waals surface area contributed by atoms with E-state index in [9.17, 15) is 9.59 Å². The lowest BCUT2D eigenvalue weighted by Gasteiger charge is -2.43. The lowest BCUT2D eigenvalue weighted by Crippen LogP contribution is -2.46. The molecular formula is C19H22O3. The van der Waals surface area contributed by atoms with E-state index in [-0.39, 0.29) is 17.5 Å². The van der Waals surface area contributed by atoms with Gasteiger partial charge in [-0.2, -0.15) is 0 Å². The van der Waals surface area contributed by atoms with Gasteiger partial charge in [-0.3, -0.25) is 9.59 Å². The largest absolute Gasteiger partial charge is 0.497 e. The maximum absolute atomic E-state index is 12.9. The van der Waals surface area contributed by atoms with Gasteiger partial charge in [0.1, 0.15) is 11.5 Å². The van der Waals surface area contributed by atoms with Crippen LogP contribution in [0.15, 0.2) is 29.8 Å². The molecule has 2 aliphatic rings. The number of benzene rings is 1. The monoisotopic (exact) mass is 298 g/mol. The Bertz CT molecular complexity index is 627. The Morgan fingerprint density at radius 1 is 1.18 bits per heavy atom. The molecule has 0 aliphatic heterocycles. The molecule has 0 radical (unpaired) electrons. The van der Waals surface area contributed by atoms with Gasteiger partial charge in [0.05, 0.1) is 7.11 Å². The summed E-state index contributed by atoms with van der Waals surface area (Å²) in [5, 5.41) is 0. The molecule has 2 aliphatic carbocycles. The van der Waals surface area contributed by atoms with E-state index in [1.54, 1.807) is 7.11 Å². The molecule has 0 saturated heterocycles. The van der Waals surface area contributed by atoms with Crippen LogP contribution in [0.4, 0.5) is 0 Å². The molecule has 3 heteroatoms. The van der Waals surface area contributed by atoms with Crippen LogP contribution in [0.3, 0.4) is 0 Å². The zero-order valence-corrected chi connectivity index (χ0v) is 13.2. The summed E-state index contributed by atoms with van der Waals surface area (Å²) in [5.41, 5.74) is 1.39. The number of fused-ring (bicyclic) bond motifs is 1. The summed E-state index contributed by atoms with van der Waals surface area (Å²) in [6, 6.07) is 7.71. The zero-order valence-electron chi connectivity index (χ0n) is 13.2. The summed E-state index contributed by atoms with van der Waals surface area (Å²) in [6.07, 6.45) is 5.81. The van der Waals surface area contributed by atoms with Crippen molar-refractivity contribution in [3.63, 3.8) is 0 Å². The van der Waals surface area contributed by atoms with Gasteiger partial charge in [-0.15, -0.1) is 0 Å². The standard InChI is InChI=1S/C19H22O3/c1-19-11-3-4-17(20)16(19)10-7-14(18(19)21)12-13-5-8-15(22-2)9-6-13/h5-6,8-9,12,16H,3-4,7,10-11H2,1-2H3/b14-12-/t16-,19+/m0/s1. The molecule has 1 aromatic rings. The lowest BCUT2D eigenvalue weighted by atomic mass is 9.58. The van der Waals surface area contributed by atoms with Crippen molar-refractivity contribution in [3.8, 4) is 5.75 Å². The molecule has 0 N–H and O–H groups in total. The van der Waals surface area contributed by atoms with Crippen molar-refractivity contribution in [1.29, 1.82) is 0 Å². The fourth-order valence-corrected chi connectivity index (χ4v) is 3.90. The topological polar surface area (TPSA) is 43.4 Å². The smallest absolute Gasteiger partial charge is 0.165 e. The van der Waals surface area contributed by atoms with Gasteiger partial charge in [-0.05, 0) is 55.0 Å². The highest BCUT2D eigenvalue weighted by atomic mass is 16.5. The molecule has 2 fully saturated rings. The first kappa shape index (κ1) is 15.0. The first-order chi connectivity index (χ1) is 10.5. The Morgan fingerprint density at radius 2 is 1.91 bits per heavy atom. The second kappa shape index (κ2) is 5.71. The molecule has 22 heavy (non-hydrogen) atoms. The Hall–Kier alpha value is -1.90. The van der Waals surface area contributed by atoms with Crippen LogP contribution in [0, 0.1) is 11.3 Å². The Kier molecular flexibility index (Phi) is 3.90. The number of ether oxygens (including phenoxy) is 1. The highest BCUT2D eigenvalue weighted by Crippen LogP contribution is 2.48. The molecule has 0 spiro atoms. The van der Waals surface area contributed by atoms with Gasteiger partial charge in [-0.25, -0.2) is 0 Å². The minimum absolute atomic E-state index is 0.0678. The fraction of sp³-hybridized carbons (Fsp3) is 0.474. The summed E-state index contributed by atoms with van der Waals surface area (Å²) in [7, 11) is 1.64. The van der Waals surface area contributed by atoms with Gasteiger partial charge in [0, 0.05) is 17.8 Å². The maximum Gasteiger partial charge on any atom is 0.165 e. The highest BCUT2D eigenvalue weighted by Gasteiger charge is 2.49. The molecule has 0 unspecified atom stereocenters. The maximum atomic E-state index is 12.9. The Labute approximate surface area is 131 Å². The molecule has 0 amide bonds. The Balaban J connectivity index is 1.87. The van der Waals surface area contributed by atoms with Crippen LogP contribution in [-0.4, -0.2) is 18.7 Å². The van der Waals surface area contributed by atoms with Crippen LogP contribution in [0.25, 0.3) is 6.08 Å². The van der Waals surface area contributed by atoms with Crippen molar-refractivity contribution < 1.29 is 14.3 Å². The first-order valence-electron chi connectivity index (χ1n) is 7.97. The minimum Gasteiger partial charge on any atom is -0.497 e. The quantitative estimate of drug-likeness (QED) is 0.780. The summed E-state index contributed by atoms with van der Waals surface area (Å²) < 4.78 is 5.15. The molecular weight excluding hydrogens is 276 g/mol. The van der Waals surface area contributed by atoms with Crippen molar-refractivity contribution in [2.45, 2.75) is 39.0 Å². The lowest BCUT2D eigenvalue weighted by molar-refractivity contribution is -0.142. The number of allylic oxidation sites excluding steroid dienone is 1. The van der Waals surface area contributed by atoms with E-state index in [1.165, 1.54) is 0 Å². The number of ketones is 2. The molecule has 3 rings (SSSR count). The van der Waals surface area contributed by atoms with Crippen molar-refractivity contribution in [2.75, 3.05) is 7.11 Å². The number of hydrogen-bond acceptors (Lipinski definition) is 3. The second-order valence-electron chi connectivity index (χ2n) is 6.60. The normalized spacial score (nSPS) is 30.3. The van der Waals surface area contributed by atoms with Gasteiger partial charge in [0.15, 0.2) is 5.78 Å².